The van der Waals surface area contributed by atoms with Gasteiger partial charge in [-0.2, -0.15) is 10.5 Å². The van der Waals surface area contributed by atoms with Gasteiger partial charge in [-0.25, -0.2) is 14.8 Å². The largest absolute Gasteiger partial charge is 0.477 e. The van der Waals surface area contributed by atoms with E-state index in [1.807, 2.05) is 19.1 Å². The summed E-state index contributed by atoms with van der Waals surface area (Å²) in [5.74, 6) is 1.26. The van der Waals surface area contributed by atoms with Crippen molar-refractivity contribution in [2.75, 3.05) is 7.11 Å². The molecule has 0 aromatic carbocycles. The average molecular weight is 326 g/mol. The first-order valence-electron chi connectivity index (χ1n) is 5.65. The molecule has 2 aromatic heterocycles. The number of nitrogens with two attached hydrogens (primary N) is 1. The molecule has 0 fully saturated rings. The highest BCUT2D eigenvalue weighted by Gasteiger charge is 2.16. The van der Waals surface area contributed by atoms with Crippen molar-refractivity contribution in [2.24, 2.45) is 0 Å². The second-order valence-corrected chi connectivity index (χ2v) is 4.70. The van der Waals surface area contributed by atoms with Gasteiger partial charge in [0.05, 0.1) is 12.8 Å². The van der Waals surface area contributed by atoms with Crippen molar-refractivity contribution in [2.45, 2.75) is 13.0 Å². The Morgan fingerprint density at radius 2 is 2.21 bits per heavy atom. The maximum absolute atomic E-state index is 5.87. The van der Waals surface area contributed by atoms with Gasteiger partial charge in [0, 0.05) is 22.9 Å². The van der Waals surface area contributed by atoms with Crippen LogP contribution >= 0.6 is 15.9 Å². The number of rotatable bonds is 5. The van der Waals surface area contributed by atoms with Crippen molar-refractivity contribution in [1.29, 1.82) is 0 Å². The van der Waals surface area contributed by atoms with E-state index in [2.05, 4.69) is 30.9 Å². The Balaban J connectivity index is 2.20. The van der Waals surface area contributed by atoms with E-state index in [1.54, 1.807) is 19.5 Å². The average Bonchev–Trinajstić information content (AvgIpc) is 2.43. The topological polar surface area (TPSA) is 73.7 Å². The molecule has 0 amide bonds. The van der Waals surface area contributed by atoms with Crippen LogP contribution in [0.15, 0.2) is 35.3 Å². The Labute approximate surface area is 119 Å². The summed E-state index contributed by atoms with van der Waals surface area (Å²) in [5, 5.41) is 0. The minimum atomic E-state index is -0.205. The molecular formula is C12H14BrN4O2+. The molecule has 0 bridgehead atoms. The van der Waals surface area contributed by atoms with Crippen LogP contribution in [0, 0.1) is 0 Å². The van der Waals surface area contributed by atoms with E-state index in [0.29, 0.717) is 11.6 Å². The number of aromatic nitrogens is 3. The van der Waals surface area contributed by atoms with E-state index in [0.717, 1.165) is 10.2 Å². The molecular weight excluding hydrogens is 312 g/mol. The first kappa shape index (κ1) is 13.9. The van der Waals surface area contributed by atoms with Gasteiger partial charge in [-0.05, 0) is 28.9 Å². The summed E-state index contributed by atoms with van der Waals surface area (Å²) in [5.41, 5.74) is 2.34. The molecule has 2 N–H and O–H groups in total. The zero-order valence-corrected chi connectivity index (χ0v) is 12.2. The van der Waals surface area contributed by atoms with E-state index in [-0.39, 0.29) is 6.10 Å². The lowest BCUT2D eigenvalue weighted by Gasteiger charge is -2.14. The zero-order valence-electron chi connectivity index (χ0n) is 10.6. The highest BCUT2D eigenvalue weighted by molar-refractivity contribution is 9.10. The van der Waals surface area contributed by atoms with Crippen LogP contribution in [0.4, 0.5) is 5.82 Å². The van der Waals surface area contributed by atoms with Crippen molar-refractivity contribution < 1.29 is 15.1 Å². The van der Waals surface area contributed by atoms with Crippen molar-refractivity contribution in [3.05, 3.63) is 41.0 Å². The Hall–Kier alpha value is -1.57. The number of ether oxygens (including phenoxy) is 1. The maximum Gasteiger partial charge on any atom is 0.300 e. The van der Waals surface area contributed by atoms with E-state index in [9.17, 15) is 0 Å². The third-order valence-electron chi connectivity index (χ3n) is 2.40. The molecule has 0 aliphatic carbocycles. The van der Waals surface area contributed by atoms with E-state index < -0.39 is 0 Å². The molecule has 1 atom stereocenters. The first-order chi connectivity index (χ1) is 9.20. The number of halogens is 1. The third kappa shape index (κ3) is 3.69. The summed E-state index contributed by atoms with van der Waals surface area (Å²) in [6.07, 6.45) is 4.66. The summed E-state index contributed by atoms with van der Waals surface area (Å²) in [7, 11) is 1.57. The standard InChI is InChI=1S/C12H13BrN4O2/c1-8(10-3-4-14-7-16-10)19-11-5-9(13)6-15-12(11)17-18-2/h3-8H,1-2H3,(H,15,17)/p+1. The predicted molar refractivity (Wildman–Crippen MR) is 71.6 cm³/mol. The fourth-order valence-corrected chi connectivity index (χ4v) is 1.83. The Morgan fingerprint density at radius 3 is 2.89 bits per heavy atom. The fraction of sp³-hybridized carbons (Fsp3) is 0.250. The smallest absolute Gasteiger partial charge is 0.300 e. The van der Waals surface area contributed by atoms with Gasteiger partial charge < -0.3 is 4.74 Å². The maximum atomic E-state index is 5.87. The van der Waals surface area contributed by atoms with Crippen LogP contribution in [-0.4, -0.2) is 22.1 Å². The van der Waals surface area contributed by atoms with Crippen LogP contribution in [0.5, 0.6) is 5.75 Å². The molecule has 0 saturated heterocycles. The summed E-state index contributed by atoms with van der Waals surface area (Å²) >= 11 is 3.37. The third-order valence-corrected chi connectivity index (χ3v) is 2.84. The van der Waals surface area contributed by atoms with Crippen molar-refractivity contribution in [3.63, 3.8) is 0 Å². The summed E-state index contributed by atoms with van der Waals surface area (Å²) in [4.78, 5) is 17.3. The summed E-state index contributed by atoms with van der Waals surface area (Å²) < 4.78 is 6.71. The molecule has 2 aromatic rings. The number of hydrogen-bond acceptors (Lipinski definition) is 5. The Kier molecular flexibility index (Phi) is 4.78. The summed E-state index contributed by atoms with van der Waals surface area (Å²) in [6, 6.07) is 3.66. The number of pyridine rings is 1. The molecule has 0 aliphatic heterocycles. The van der Waals surface area contributed by atoms with Crippen molar-refractivity contribution in [1.82, 2.24) is 15.0 Å². The number of quaternary nitrogens is 1. The van der Waals surface area contributed by atoms with Gasteiger partial charge >= 0.3 is 0 Å². The van der Waals surface area contributed by atoms with Crippen molar-refractivity contribution >= 4 is 21.7 Å². The molecule has 100 valence electrons. The molecule has 7 heteroatoms. The van der Waals surface area contributed by atoms with Crippen LogP contribution < -0.4 is 10.2 Å². The molecule has 2 rings (SSSR count). The molecule has 0 aliphatic rings. The highest BCUT2D eigenvalue weighted by Crippen LogP contribution is 2.27. The molecule has 0 saturated carbocycles. The van der Waals surface area contributed by atoms with Gasteiger partial charge in [0.15, 0.2) is 0 Å². The van der Waals surface area contributed by atoms with Crippen LogP contribution in [0.3, 0.4) is 0 Å². The van der Waals surface area contributed by atoms with Gasteiger partial charge in [-0.3, -0.25) is 0 Å². The van der Waals surface area contributed by atoms with E-state index in [1.165, 1.54) is 11.8 Å². The number of hydrogen-bond donors (Lipinski definition) is 1. The van der Waals surface area contributed by atoms with Crippen molar-refractivity contribution in [3.8, 4) is 5.75 Å². The normalized spacial score (nSPS) is 12.2. The summed E-state index contributed by atoms with van der Waals surface area (Å²) in [6.45, 7) is 1.92. The quantitative estimate of drug-likeness (QED) is 0.844. The first-order valence-corrected chi connectivity index (χ1v) is 6.44. The molecule has 0 spiro atoms. The van der Waals surface area contributed by atoms with Crippen LogP contribution in [0.2, 0.25) is 0 Å². The van der Waals surface area contributed by atoms with Gasteiger partial charge in [-0.15, -0.1) is 0 Å². The molecule has 19 heavy (non-hydrogen) atoms. The zero-order chi connectivity index (χ0) is 13.7. The van der Waals surface area contributed by atoms with E-state index >= 15 is 0 Å². The Bertz CT molecular complexity index is 539. The monoisotopic (exact) mass is 325 g/mol. The molecule has 6 nitrogen and oxygen atoms in total. The number of nitrogens with zero attached hydrogens (tertiary/aromatic N) is 3. The SMILES string of the molecule is CO[NH2+]c1ncc(Br)cc1OC(C)c1ccncn1. The predicted octanol–water partition coefficient (Wildman–Crippen LogP) is 1.53. The minimum absolute atomic E-state index is 0.205. The lowest BCUT2D eigenvalue weighted by atomic mass is 10.3. The molecule has 0 radical (unpaired) electrons. The van der Waals surface area contributed by atoms with Crippen LogP contribution in [-0.2, 0) is 4.84 Å². The van der Waals surface area contributed by atoms with Gasteiger partial charge in [0.1, 0.15) is 12.4 Å². The van der Waals surface area contributed by atoms with Gasteiger partial charge in [-0.1, -0.05) is 0 Å². The van der Waals surface area contributed by atoms with Crippen LogP contribution in [0.1, 0.15) is 18.7 Å². The molecule has 1 unspecified atom stereocenters. The van der Waals surface area contributed by atoms with Gasteiger partial charge in [0.25, 0.3) is 5.82 Å². The lowest BCUT2D eigenvalue weighted by Crippen LogP contribution is -2.76. The second kappa shape index (κ2) is 6.55. The Morgan fingerprint density at radius 1 is 1.37 bits per heavy atom. The lowest BCUT2D eigenvalue weighted by molar-refractivity contribution is -0.832. The minimum Gasteiger partial charge on any atom is -0.477 e. The highest BCUT2D eigenvalue weighted by atomic mass is 79.9. The fourth-order valence-electron chi connectivity index (χ4n) is 1.52. The second-order valence-electron chi connectivity index (χ2n) is 3.78. The van der Waals surface area contributed by atoms with Gasteiger partial charge in [0.2, 0.25) is 5.75 Å². The van der Waals surface area contributed by atoms with E-state index in [4.69, 9.17) is 9.57 Å². The molecule has 2 heterocycles. The van der Waals surface area contributed by atoms with Crippen LogP contribution in [0.25, 0.3) is 0 Å².